The maximum absolute atomic E-state index is 5.71. The Labute approximate surface area is 183 Å². The molecule has 2 heterocycles. The fourth-order valence-electron chi connectivity index (χ4n) is 3.51. The summed E-state index contributed by atoms with van der Waals surface area (Å²) < 4.78 is 5.71. The van der Waals surface area contributed by atoms with E-state index in [-0.39, 0.29) is 0 Å². The third-order valence-electron chi connectivity index (χ3n) is 5.48. The van der Waals surface area contributed by atoms with Gasteiger partial charge in [-0.15, -0.1) is 0 Å². The molecular weight excluding hydrogens is 370 g/mol. The Kier molecular flexibility index (Phi) is 13.0. The van der Waals surface area contributed by atoms with Crippen molar-refractivity contribution in [2.75, 3.05) is 13.2 Å². The highest BCUT2D eigenvalue weighted by molar-refractivity contribution is 5.56. The highest BCUT2D eigenvalue weighted by atomic mass is 16.5. The Morgan fingerprint density at radius 2 is 1.23 bits per heavy atom. The van der Waals surface area contributed by atoms with Crippen molar-refractivity contribution in [2.45, 2.75) is 97.3 Å². The van der Waals surface area contributed by atoms with Crippen LogP contribution in [0.3, 0.4) is 0 Å². The van der Waals surface area contributed by atoms with E-state index >= 15 is 0 Å². The molecular formula is C26H41N3O. The molecule has 0 fully saturated rings. The van der Waals surface area contributed by atoms with Crippen molar-refractivity contribution in [3.8, 4) is 11.3 Å². The molecule has 0 saturated heterocycles. The minimum Gasteiger partial charge on any atom is -0.381 e. The summed E-state index contributed by atoms with van der Waals surface area (Å²) in [6, 6.07) is 4.23. The summed E-state index contributed by atoms with van der Waals surface area (Å²) in [6.45, 7) is 6.26. The predicted molar refractivity (Wildman–Crippen MR) is 126 cm³/mol. The van der Waals surface area contributed by atoms with E-state index in [4.69, 9.17) is 4.74 Å². The Morgan fingerprint density at radius 1 is 0.600 bits per heavy atom. The van der Waals surface area contributed by atoms with Gasteiger partial charge in [0.2, 0.25) is 0 Å². The summed E-state index contributed by atoms with van der Waals surface area (Å²) in [5, 5.41) is 0. The molecule has 30 heavy (non-hydrogen) atoms. The van der Waals surface area contributed by atoms with E-state index in [1.165, 1.54) is 57.8 Å². The van der Waals surface area contributed by atoms with Crippen molar-refractivity contribution in [2.24, 2.45) is 0 Å². The average molecular weight is 412 g/mol. The number of ether oxygens (including phenoxy) is 1. The van der Waals surface area contributed by atoms with E-state index < -0.39 is 0 Å². The number of hydrogen-bond acceptors (Lipinski definition) is 4. The van der Waals surface area contributed by atoms with Crippen LogP contribution in [0.1, 0.15) is 95.9 Å². The van der Waals surface area contributed by atoms with Crippen molar-refractivity contribution in [1.29, 1.82) is 0 Å². The van der Waals surface area contributed by atoms with Gasteiger partial charge in [-0.25, -0.2) is 0 Å². The Morgan fingerprint density at radius 3 is 1.90 bits per heavy atom. The first-order valence-electron chi connectivity index (χ1n) is 12.2. The zero-order valence-electron chi connectivity index (χ0n) is 19.2. The molecule has 2 rings (SSSR count). The van der Waals surface area contributed by atoms with Gasteiger partial charge in [-0.2, -0.15) is 0 Å². The zero-order valence-corrected chi connectivity index (χ0v) is 19.2. The first-order chi connectivity index (χ1) is 14.8. The minimum absolute atomic E-state index is 0.866. The molecule has 0 radical (unpaired) electrons. The number of nitrogens with zero attached hydrogens (tertiary/aromatic N) is 3. The first kappa shape index (κ1) is 24.5. The van der Waals surface area contributed by atoms with Crippen LogP contribution in [0.15, 0.2) is 30.7 Å². The van der Waals surface area contributed by atoms with Crippen LogP contribution < -0.4 is 0 Å². The van der Waals surface area contributed by atoms with Crippen LogP contribution in [-0.4, -0.2) is 28.2 Å². The molecule has 0 aliphatic heterocycles. The molecule has 0 spiro atoms. The largest absolute Gasteiger partial charge is 0.381 e. The van der Waals surface area contributed by atoms with Crippen molar-refractivity contribution in [3.63, 3.8) is 0 Å². The summed E-state index contributed by atoms with van der Waals surface area (Å²) in [6.07, 6.45) is 21.5. The van der Waals surface area contributed by atoms with E-state index in [0.717, 1.165) is 61.5 Å². The lowest BCUT2D eigenvalue weighted by Gasteiger charge is -2.06. The number of pyridine rings is 1. The SMILES string of the molecule is CCCCCCCc1cnc(-c2ccc(CCCCOCCCCCC)nc2)cn1. The molecule has 0 N–H and O–H groups in total. The molecule has 0 aliphatic rings. The molecule has 2 aromatic heterocycles. The van der Waals surface area contributed by atoms with Crippen molar-refractivity contribution < 1.29 is 4.74 Å². The summed E-state index contributed by atoms with van der Waals surface area (Å²) >= 11 is 0. The van der Waals surface area contributed by atoms with Gasteiger partial charge in [0.05, 0.1) is 17.6 Å². The summed E-state index contributed by atoms with van der Waals surface area (Å²) in [4.78, 5) is 13.8. The second-order valence-electron chi connectivity index (χ2n) is 8.23. The van der Waals surface area contributed by atoms with Crippen molar-refractivity contribution >= 4 is 0 Å². The van der Waals surface area contributed by atoms with Crippen molar-refractivity contribution in [1.82, 2.24) is 15.0 Å². The molecule has 2 aromatic rings. The van der Waals surface area contributed by atoms with Gasteiger partial charge in [-0.1, -0.05) is 58.8 Å². The fourth-order valence-corrected chi connectivity index (χ4v) is 3.51. The molecule has 0 saturated carbocycles. The number of rotatable bonds is 17. The molecule has 0 aliphatic carbocycles. The maximum Gasteiger partial charge on any atom is 0.0900 e. The second kappa shape index (κ2) is 16.0. The van der Waals surface area contributed by atoms with Gasteiger partial charge >= 0.3 is 0 Å². The summed E-state index contributed by atoms with van der Waals surface area (Å²) in [5.74, 6) is 0. The minimum atomic E-state index is 0.866. The first-order valence-corrected chi connectivity index (χ1v) is 12.2. The molecule has 0 bridgehead atoms. The lowest BCUT2D eigenvalue weighted by Crippen LogP contribution is -1.99. The van der Waals surface area contributed by atoms with Gasteiger partial charge in [0.25, 0.3) is 0 Å². The van der Waals surface area contributed by atoms with Gasteiger partial charge < -0.3 is 4.74 Å². The lowest BCUT2D eigenvalue weighted by molar-refractivity contribution is 0.126. The van der Waals surface area contributed by atoms with E-state index in [2.05, 4.69) is 40.9 Å². The standard InChI is InChI=1S/C26H41N3O/c1-3-5-7-9-10-15-25-21-29-26(22-28-25)23-16-17-24(27-20-23)14-11-13-19-30-18-12-8-6-4-2/h16-17,20-22H,3-15,18-19H2,1-2H3. The Bertz CT molecular complexity index is 655. The number of hydrogen-bond donors (Lipinski definition) is 0. The maximum atomic E-state index is 5.71. The van der Waals surface area contributed by atoms with Crippen LogP contribution >= 0.6 is 0 Å². The number of unbranched alkanes of at least 4 members (excludes halogenated alkanes) is 8. The smallest absolute Gasteiger partial charge is 0.0900 e. The van der Waals surface area contributed by atoms with E-state index in [1.54, 1.807) is 0 Å². The van der Waals surface area contributed by atoms with Gasteiger partial charge in [0, 0.05) is 36.9 Å². The predicted octanol–water partition coefficient (Wildman–Crippen LogP) is 6.97. The third kappa shape index (κ3) is 10.3. The Hall–Kier alpha value is -1.81. The van der Waals surface area contributed by atoms with Crippen LogP contribution in [0.25, 0.3) is 11.3 Å². The van der Waals surface area contributed by atoms with E-state index in [1.807, 2.05) is 18.6 Å². The molecule has 0 atom stereocenters. The van der Waals surface area contributed by atoms with Crippen LogP contribution in [0.5, 0.6) is 0 Å². The van der Waals surface area contributed by atoms with Gasteiger partial charge in [0.15, 0.2) is 0 Å². The normalized spacial score (nSPS) is 11.1. The highest BCUT2D eigenvalue weighted by Crippen LogP contribution is 2.16. The van der Waals surface area contributed by atoms with Gasteiger partial charge in [-0.05, 0) is 50.7 Å². The molecule has 4 heteroatoms. The fraction of sp³-hybridized carbons (Fsp3) is 0.654. The van der Waals surface area contributed by atoms with Crippen LogP contribution in [0, 0.1) is 0 Å². The van der Waals surface area contributed by atoms with E-state index in [0.29, 0.717) is 0 Å². The number of aryl methyl sites for hydroxylation is 2. The zero-order chi connectivity index (χ0) is 21.3. The molecule has 166 valence electrons. The molecule has 0 unspecified atom stereocenters. The second-order valence-corrected chi connectivity index (χ2v) is 8.23. The van der Waals surface area contributed by atoms with Crippen LogP contribution in [0.4, 0.5) is 0 Å². The summed E-state index contributed by atoms with van der Waals surface area (Å²) in [5.41, 5.74) is 4.17. The van der Waals surface area contributed by atoms with Crippen molar-refractivity contribution in [3.05, 3.63) is 42.1 Å². The van der Waals surface area contributed by atoms with E-state index in [9.17, 15) is 0 Å². The molecule has 0 aromatic carbocycles. The third-order valence-corrected chi connectivity index (χ3v) is 5.48. The summed E-state index contributed by atoms with van der Waals surface area (Å²) in [7, 11) is 0. The molecule has 4 nitrogen and oxygen atoms in total. The molecule has 0 amide bonds. The lowest BCUT2D eigenvalue weighted by atomic mass is 10.1. The highest BCUT2D eigenvalue weighted by Gasteiger charge is 2.03. The Balaban J connectivity index is 1.64. The quantitative estimate of drug-likeness (QED) is 0.264. The van der Waals surface area contributed by atoms with Gasteiger partial charge in [0.1, 0.15) is 0 Å². The average Bonchev–Trinajstić information content (AvgIpc) is 2.79. The van der Waals surface area contributed by atoms with Gasteiger partial charge in [-0.3, -0.25) is 15.0 Å². The topological polar surface area (TPSA) is 47.9 Å². The van der Waals surface area contributed by atoms with Crippen LogP contribution in [0.2, 0.25) is 0 Å². The van der Waals surface area contributed by atoms with Crippen LogP contribution in [-0.2, 0) is 17.6 Å². The monoisotopic (exact) mass is 411 g/mol. The number of aromatic nitrogens is 3.